The summed E-state index contributed by atoms with van der Waals surface area (Å²) in [5.41, 5.74) is 0.444. The topological polar surface area (TPSA) is 26.3 Å². The molecule has 2 rings (SSSR count). The summed E-state index contributed by atoms with van der Waals surface area (Å²) in [5, 5.41) is 0. The molecular formula is C9H14O2. The Morgan fingerprint density at radius 3 is 3.18 bits per heavy atom. The molecule has 0 bridgehead atoms. The summed E-state index contributed by atoms with van der Waals surface area (Å²) in [5.74, 6) is 0.653. The summed E-state index contributed by atoms with van der Waals surface area (Å²) in [4.78, 5) is 10.2. The molecular weight excluding hydrogens is 140 g/mol. The molecule has 2 aliphatic rings. The van der Waals surface area contributed by atoms with Crippen LogP contribution in [-0.4, -0.2) is 19.5 Å². The van der Waals surface area contributed by atoms with Crippen molar-refractivity contribution in [1.82, 2.24) is 0 Å². The van der Waals surface area contributed by atoms with Gasteiger partial charge in [0.15, 0.2) is 0 Å². The predicted octanol–water partition coefficient (Wildman–Crippen LogP) is 1.39. The molecule has 11 heavy (non-hydrogen) atoms. The maximum absolute atomic E-state index is 10.2. The van der Waals surface area contributed by atoms with E-state index in [4.69, 9.17) is 4.74 Å². The molecule has 1 heterocycles. The molecule has 2 fully saturated rings. The third-order valence-corrected chi connectivity index (χ3v) is 3.09. The van der Waals surface area contributed by atoms with Crippen LogP contribution in [-0.2, 0) is 9.53 Å². The van der Waals surface area contributed by atoms with E-state index >= 15 is 0 Å². The molecule has 1 spiro atoms. The molecule has 2 nitrogen and oxygen atoms in total. The molecule has 0 aromatic carbocycles. The highest BCUT2D eigenvalue weighted by molar-refractivity contribution is 5.51. The summed E-state index contributed by atoms with van der Waals surface area (Å²) in [6.45, 7) is 1.83. The molecule has 0 aromatic heterocycles. The molecule has 62 valence electrons. The van der Waals surface area contributed by atoms with E-state index < -0.39 is 0 Å². The summed E-state index contributed by atoms with van der Waals surface area (Å²) in [7, 11) is 0. The Morgan fingerprint density at radius 1 is 1.64 bits per heavy atom. The van der Waals surface area contributed by atoms with Gasteiger partial charge in [-0.25, -0.2) is 0 Å². The second-order valence-corrected chi connectivity index (χ2v) is 3.82. The van der Waals surface area contributed by atoms with Gasteiger partial charge in [-0.05, 0) is 30.6 Å². The Hall–Kier alpha value is -0.370. The number of ether oxygens (including phenoxy) is 1. The first kappa shape index (κ1) is 7.29. The van der Waals surface area contributed by atoms with Gasteiger partial charge in [0.05, 0.1) is 6.61 Å². The Labute approximate surface area is 66.9 Å². The first-order valence-corrected chi connectivity index (χ1v) is 4.39. The fourth-order valence-corrected chi connectivity index (χ4v) is 2.24. The van der Waals surface area contributed by atoms with Crippen LogP contribution in [0, 0.1) is 11.3 Å². The summed E-state index contributed by atoms with van der Waals surface area (Å²) in [6.07, 6.45) is 5.50. The third kappa shape index (κ3) is 1.20. The largest absolute Gasteiger partial charge is 0.381 e. The standard InChI is InChI=1S/C9H14O2/c10-4-2-8-6-9(8)3-1-5-11-7-9/h4,8H,1-3,5-7H2. The van der Waals surface area contributed by atoms with Crippen LogP contribution in [0.1, 0.15) is 25.7 Å². The zero-order valence-electron chi connectivity index (χ0n) is 6.71. The highest BCUT2D eigenvalue weighted by Crippen LogP contribution is 2.58. The molecule has 1 aliphatic carbocycles. The first-order valence-electron chi connectivity index (χ1n) is 4.39. The minimum absolute atomic E-state index is 0.444. The van der Waals surface area contributed by atoms with Crippen molar-refractivity contribution in [3.05, 3.63) is 0 Å². The van der Waals surface area contributed by atoms with Crippen LogP contribution >= 0.6 is 0 Å². The van der Waals surface area contributed by atoms with Gasteiger partial charge in [-0.3, -0.25) is 0 Å². The van der Waals surface area contributed by atoms with E-state index in [-0.39, 0.29) is 0 Å². The Kier molecular flexibility index (Phi) is 1.72. The molecule has 0 radical (unpaired) electrons. The van der Waals surface area contributed by atoms with Gasteiger partial charge in [-0.2, -0.15) is 0 Å². The van der Waals surface area contributed by atoms with Crippen molar-refractivity contribution in [2.24, 2.45) is 11.3 Å². The van der Waals surface area contributed by atoms with E-state index in [0.29, 0.717) is 11.3 Å². The van der Waals surface area contributed by atoms with Crippen LogP contribution in [0.3, 0.4) is 0 Å². The first-order chi connectivity index (χ1) is 5.37. The second-order valence-electron chi connectivity index (χ2n) is 3.82. The van der Waals surface area contributed by atoms with Crippen molar-refractivity contribution >= 4 is 6.29 Å². The highest BCUT2D eigenvalue weighted by atomic mass is 16.5. The monoisotopic (exact) mass is 154 g/mol. The van der Waals surface area contributed by atoms with E-state index in [1.807, 2.05) is 0 Å². The Bertz CT molecular complexity index is 159. The highest BCUT2D eigenvalue weighted by Gasteiger charge is 2.53. The average Bonchev–Trinajstić information content (AvgIpc) is 2.66. The van der Waals surface area contributed by atoms with Gasteiger partial charge in [0.25, 0.3) is 0 Å². The lowest BCUT2D eigenvalue weighted by atomic mass is 9.95. The Balaban J connectivity index is 1.88. The number of hydrogen-bond acceptors (Lipinski definition) is 2. The second kappa shape index (κ2) is 2.59. The van der Waals surface area contributed by atoms with E-state index in [2.05, 4.69) is 0 Å². The lowest BCUT2D eigenvalue weighted by molar-refractivity contribution is -0.108. The van der Waals surface area contributed by atoms with Gasteiger partial charge in [-0.1, -0.05) is 0 Å². The molecule has 1 saturated heterocycles. The zero-order chi connectivity index (χ0) is 7.73. The maximum atomic E-state index is 10.2. The van der Waals surface area contributed by atoms with Crippen LogP contribution in [0.15, 0.2) is 0 Å². The normalized spacial score (nSPS) is 42.4. The van der Waals surface area contributed by atoms with Gasteiger partial charge in [-0.15, -0.1) is 0 Å². The minimum Gasteiger partial charge on any atom is -0.381 e. The molecule has 0 amide bonds. The SMILES string of the molecule is O=CCC1CC12CCCOC2. The number of rotatable bonds is 2. The van der Waals surface area contributed by atoms with Gasteiger partial charge < -0.3 is 9.53 Å². The van der Waals surface area contributed by atoms with Crippen molar-refractivity contribution in [2.75, 3.05) is 13.2 Å². The molecule has 1 saturated carbocycles. The van der Waals surface area contributed by atoms with Gasteiger partial charge >= 0.3 is 0 Å². The van der Waals surface area contributed by atoms with Gasteiger partial charge in [0.2, 0.25) is 0 Å². The van der Waals surface area contributed by atoms with Gasteiger partial charge in [0, 0.05) is 13.0 Å². The third-order valence-electron chi connectivity index (χ3n) is 3.09. The van der Waals surface area contributed by atoms with Crippen molar-refractivity contribution in [3.63, 3.8) is 0 Å². The minimum atomic E-state index is 0.444. The van der Waals surface area contributed by atoms with Crippen molar-refractivity contribution in [2.45, 2.75) is 25.7 Å². The maximum Gasteiger partial charge on any atom is 0.120 e. The lowest BCUT2D eigenvalue weighted by Gasteiger charge is -2.22. The molecule has 2 atom stereocenters. The van der Waals surface area contributed by atoms with Gasteiger partial charge in [0.1, 0.15) is 6.29 Å². The lowest BCUT2D eigenvalue weighted by Crippen LogP contribution is -2.20. The summed E-state index contributed by atoms with van der Waals surface area (Å²) in [6, 6.07) is 0. The molecule has 1 aliphatic heterocycles. The van der Waals surface area contributed by atoms with E-state index in [1.165, 1.54) is 19.3 Å². The zero-order valence-corrected chi connectivity index (χ0v) is 6.71. The van der Waals surface area contributed by atoms with Crippen molar-refractivity contribution < 1.29 is 9.53 Å². The number of carbonyl (C=O) groups is 1. The Morgan fingerprint density at radius 2 is 2.55 bits per heavy atom. The quantitative estimate of drug-likeness (QED) is 0.562. The average molecular weight is 154 g/mol. The molecule has 0 aromatic rings. The van der Waals surface area contributed by atoms with Crippen LogP contribution < -0.4 is 0 Å². The number of carbonyl (C=O) groups excluding carboxylic acids is 1. The molecule has 0 N–H and O–H groups in total. The predicted molar refractivity (Wildman–Crippen MR) is 41.3 cm³/mol. The van der Waals surface area contributed by atoms with Crippen molar-refractivity contribution in [1.29, 1.82) is 0 Å². The molecule has 2 unspecified atom stereocenters. The fourth-order valence-electron chi connectivity index (χ4n) is 2.24. The molecule has 2 heteroatoms. The van der Waals surface area contributed by atoms with Crippen LogP contribution in [0.5, 0.6) is 0 Å². The van der Waals surface area contributed by atoms with Crippen molar-refractivity contribution in [3.8, 4) is 0 Å². The van der Waals surface area contributed by atoms with Crippen LogP contribution in [0.4, 0.5) is 0 Å². The van der Waals surface area contributed by atoms with Crippen LogP contribution in [0.2, 0.25) is 0 Å². The van der Waals surface area contributed by atoms with E-state index in [9.17, 15) is 4.79 Å². The summed E-state index contributed by atoms with van der Waals surface area (Å²) >= 11 is 0. The fraction of sp³-hybridized carbons (Fsp3) is 0.889. The number of hydrogen-bond donors (Lipinski definition) is 0. The summed E-state index contributed by atoms with van der Waals surface area (Å²) < 4.78 is 5.41. The smallest absolute Gasteiger partial charge is 0.120 e. The van der Waals surface area contributed by atoms with E-state index in [1.54, 1.807) is 0 Å². The van der Waals surface area contributed by atoms with Crippen LogP contribution in [0.25, 0.3) is 0 Å². The van der Waals surface area contributed by atoms with E-state index in [0.717, 1.165) is 25.9 Å². The number of aldehydes is 1.